The third-order valence-electron chi connectivity index (χ3n) is 2.22. The molecule has 0 aromatic rings. The van der Waals surface area contributed by atoms with E-state index >= 15 is 0 Å². The van der Waals surface area contributed by atoms with Gasteiger partial charge in [0.2, 0.25) is 5.24 Å². The molecule has 0 bridgehead atoms. The van der Waals surface area contributed by atoms with Crippen LogP contribution < -0.4 is 0 Å². The summed E-state index contributed by atoms with van der Waals surface area (Å²) in [4.78, 5) is 11.0. The Morgan fingerprint density at radius 1 is 1.58 bits per heavy atom. The Labute approximate surface area is 78.1 Å². The number of allylic oxidation sites excluding steroid dienone is 4. The molecule has 0 fully saturated rings. The predicted octanol–water partition coefficient (Wildman–Crippen LogP) is 3.05. The standard InChI is InChI=1S/C10H13ClO/c1-6-4-7(2)9(10(11)12)8(3)5-6/h4,8H,5H2,1-3H3. The molecule has 0 aliphatic heterocycles. The highest BCUT2D eigenvalue weighted by molar-refractivity contribution is 6.67. The zero-order valence-corrected chi connectivity index (χ0v) is 8.40. The molecular formula is C10H13ClO. The fraction of sp³-hybridized carbons (Fsp3) is 0.500. The lowest BCUT2D eigenvalue weighted by Crippen LogP contribution is -2.12. The summed E-state index contributed by atoms with van der Waals surface area (Å²) in [7, 11) is 0. The Morgan fingerprint density at radius 3 is 2.58 bits per heavy atom. The fourth-order valence-electron chi connectivity index (χ4n) is 1.83. The summed E-state index contributed by atoms with van der Waals surface area (Å²) >= 11 is 5.47. The lowest BCUT2D eigenvalue weighted by atomic mass is 9.86. The van der Waals surface area contributed by atoms with Crippen LogP contribution in [0, 0.1) is 5.92 Å². The molecule has 0 aromatic carbocycles. The summed E-state index contributed by atoms with van der Waals surface area (Å²) in [6, 6.07) is 0. The van der Waals surface area contributed by atoms with Crippen LogP contribution in [0.15, 0.2) is 22.8 Å². The van der Waals surface area contributed by atoms with Crippen molar-refractivity contribution < 1.29 is 4.79 Å². The van der Waals surface area contributed by atoms with Crippen molar-refractivity contribution in [2.45, 2.75) is 27.2 Å². The molecule has 1 nitrogen and oxygen atoms in total. The first-order valence-electron chi connectivity index (χ1n) is 4.10. The molecule has 1 rings (SSSR count). The molecule has 12 heavy (non-hydrogen) atoms. The average molecular weight is 185 g/mol. The Bertz CT molecular complexity index is 274. The molecule has 66 valence electrons. The molecule has 0 N–H and O–H groups in total. The van der Waals surface area contributed by atoms with E-state index in [0.29, 0.717) is 0 Å². The molecule has 0 radical (unpaired) electrons. The van der Waals surface area contributed by atoms with Crippen molar-refractivity contribution in [1.29, 1.82) is 0 Å². The first-order chi connectivity index (χ1) is 5.52. The molecule has 1 atom stereocenters. The lowest BCUT2D eigenvalue weighted by molar-refractivity contribution is -0.109. The van der Waals surface area contributed by atoms with E-state index in [9.17, 15) is 4.79 Å². The van der Waals surface area contributed by atoms with Crippen molar-refractivity contribution >= 4 is 16.8 Å². The summed E-state index contributed by atoms with van der Waals surface area (Å²) in [6.07, 6.45) is 2.99. The van der Waals surface area contributed by atoms with E-state index < -0.39 is 0 Å². The maximum Gasteiger partial charge on any atom is 0.248 e. The number of hydrogen-bond donors (Lipinski definition) is 0. The molecule has 0 heterocycles. The van der Waals surface area contributed by atoms with Gasteiger partial charge < -0.3 is 0 Å². The van der Waals surface area contributed by atoms with Crippen LogP contribution in [0.25, 0.3) is 0 Å². The number of hydrogen-bond acceptors (Lipinski definition) is 1. The maximum atomic E-state index is 11.0. The summed E-state index contributed by atoms with van der Waals surface area (Å²) in [5.74, 6) is 0.278. The number of carbonyl (C=O) groups excluding carboxylic acids is 1. The van der Waals surface area contributed by atoms with Gasteiger partial charge in [-0.3, -0.25) is 4.79 Å². The van der Waals surface area contributed by atoms with Gasteiger partial charge in [0.25, 0.3) is 0 Å². The van der Waals surface area contributed by atoms with Crippen LogP contribution in [-0.4, -0.2) is 5.24 Å². The van der Waals surface area contributed by atoms with E-state index in [4.69, 9.17) is 11.6 Å². The minimum absolute atomic E-state index is 0.278. The zero-order valence-electron chi connectivity index (χ0n) is 7.65. The van der Waals surface area contributed by atoms with Gasteiger partial charge in [0.1, 0.15) is 0 Å². The number of halogens is 1. The van der Waals surface area contributed by atoms with Gasteiger partial charge in [-0.15, -0.1) is 0 Å². The first kappa shape index (κ1) is 9.53. The Kier molecular flexibility index (Phi) is 2.73. The molecule has 0 aromatic heterocycles. The van der Waals surface area contributed by atoms with Gasteiger partial charge in [-0.2, -0.15) is 0 Å². The van der Waals surface area contributed by atoms with Gasteiger partial charge in [0.15, 0.2) is 0 Å². The van der Waals surface area contributed by atoms with E-state index in [0.717, 1.165) is 17.6 Å². The quantitative estimate of drug-likeness (QED) is 0.573. The highest BCUT2D eigenvalue weighted by atomic mass is 35.5. The van der Waals surface area contributed by atoms with Crippen molar-refractivity contribution in [1.82, 2.24) is 0 Å². The molecule has 1 aliphatic carbocycles. The molecule has 0 amide bonds. The van der Waals surface area contributed by atoms with Crippen LogP contribution >= 0.6 is 11.6 Å². The minimum atomic E-state index is -0.302. The Balaban J connectivity index is 3.08. The van der Waals surface area contributed by atoms with Gasteiger partial charge >= 0.3 is 0 Å². The maximum absolute atomic E-state index is 11.0. The molecule has 0 saturated carbocycles. The van der Waals surface area contributed by atoms with E-state index in [-0.39, 0.29) is 11.2 Å². The van der Waals surface area contributed by atoms with Crippen molar-refractivity contribution in [3.05, 3.63) is 22.8 Å². The molecule has 1 unspecified atom stereocenters. The Morgan fingerprint density at radius 2 is 2.17 bits per heavy atom. The second kappa shape index (κ2) is 3.44. The highest BCUT2D eigenvalue weighted by Gasteiger charge is 2.20. The molecular weight excluding hydrogens is 172 g/mol. The van der Waals surface area contributed by atoms with Gasteiger partial charge in [-0.25, -0.2) is 0 Å². The van der Waals surface area contributed by atoms with Crippen molar-refractivity contribution in [3.8, 4) is 0 Å². The average Bonchev–Trinajstić information content (AvgIpc) is 1.82. The summed E-state index contributed by atoms with van der Waals surface area (Å²) in [6.45, 7) is 6.06. The van der Waals surface area contributed by atoms with Gasteiger partial charge in [0.05, 0.1) is 0 Å². The van der Waals surface area contributed by atoms with E-state index in [1.54, 1.807) is 0 Å². The smallest absolute Gasteiger partial charge is 0.248 e. The van der Waals surface area contributed by atoms with Gasteiger partial charge in [0, 0.05) is 5.57 Å². The van der Waals surface area contributed by atoms with Crippen molar-refractivity contribution in [2.24, 2.45) is 5.92 Å². The number of carbonyl (C=O) groups is 1. The van der Waals surface area contributed by atoms with Crippen molar-refractivity contribution in [2.75, 3.05) is 0 Å². The third-order valence-corrected chi connectivity index (χ3v) is 2.42. The minimum Gasteiger partial charge on any atom is -0.276 e. The van der Waals surface area contributed by atoms with Crippen LogP contribution in [0.4, 0.5) is 0 Å². The monoisotopic (exact) mass is 184 g/mol. The van der Waals surface area contributed by atoms with Crippen LogP contribution in [0.3, 0.4) is 0 Å². The van der Waals surface area contributed by atoms with Crippen LogP contribution in [0.5, 0.6) is 0 Å². The van der Waals surface area contributed by atoms with E-state index in [1.165, 1.54) is 5.57 Å². The molecule has 0 saturated heterocycles. The summed E-state index contributed by atoms with van der Waals surface area (Å²) in [5, 5.41) is -0.302. The van der Waals surface area contributed by atoms with Gasteiger partial charge in [-0.05, 0) is 43.4 Å². The largest absolute Gasteiger partial charge is 0.276 e. The SMILES string of the molecule is CC1=CC(C)=C(C(=O)Cl)C(C)C1. The van der Waals surface area contributed by atoms with E-state index in [2.05, 4.69) is 6.92 Å². The normalized spacial score (nSPS) is 24.0. The molecule has 2 heteroatoms. The molecule has 0 spiro atoms. The first-order valence-corrected chi connectivity index (χ1v) is 4.48. The Hall–Kier alpha value is -0.560. The molecule has 1 aliphatic rings. The highest BCUT2D eigenvalue weighted by Crippen LogP contribution is 2.30. The van der Waals surface area contributed by atoms with Crippen LogP contribution in [0.2, 0.25) is 0 Å². The van der Waals surface area contributed by atoms with Crippen LogP contribution in [0.1, 0.15) is 27.2 Å². The predicted molar refractivity (Wildman–Crippen MR) is 51.1 cm³/mol. The second-order valence-corrected chi connectivity index (χ2v) is 3.81. The second-order valence-electron chi connectivity index (χ2n) is 3.47. The van der Waals surface area contributed by atoms with Gasteiger partial charge in [-0.1, -0.05) is 18.6 Å². The third kappa shape index (κ3) is 1.78. The number of rotatable bonds is 1. The summed E-state index contributed by atoms with van der Waals surface area (Å²) < 4.78 is 0. The fourth-order valence-corrected chi connectivity index (χ4v) is 2.16. The van der Waals surface area contributed by atoms with Crippen molar-refractivity contribution in [3.63, 3.8) is 0 Å². The topological polar surface area (TPSA) is 17.1 Å². The lowest BCUT2D eigenvalue weighted by Gasteiger charge is -2.20. The van der Waals surface area contributed by atoms with Crippen LogP contribution in [-0.2, 0) is 4.79 Å². The summed E-state index contributed by atoms with van der Waals surface area (Å²) in [5.41, 5.74) is 3.12. The zero-order chi connectivity index (χ0) is 9.30. The van der Waals surface area contributed by atoms with E-state index in [1.807, 2.05) is 19.9 Å².